The quantitative estimate of drug-likeness (QED) is 0.574. The number of nitrogens with zero attached hydrogens (tertiary/aromatic N) is 1. The van der Waals surface area contributed by atoms with Gasteiger partial charge in [0.2, 0.25) is 0 Å². The van der Waals surface area contributed by atoms with Crippen LogP contribution in [0, 0.1) is 0 Å². The van der Waals surface area contributed by atoms with E-state index < -0.39 is 0 Å². The first-order chi connectivity index (χ1) is 4.97. The van der Waals surface area contributed by atoms with Crippen molar-refractivity contribution >= 4 is 11.8 Å². The maximum Gasteiger partial charge on any atom is 0.0279 e. The topological polar surface area (TPSA) is 26.1 Å². The van der Waals surface area contributed by atoms with E-state index in [9.17, 15) is 0 Å². The average Bonchev–Trinajstić information content (AvgIpc) is 2.05. The summed E-state index contributed by atoms with van der Waals surface area (Å²) in [4.78, 5) is 0. The lowest BCUT2D eigenvalue weighted by Gasteiger charge is -2.25. The van der Waals surface area contributed by atoms with Gasteiger partial charge in [-0.1, -0.05) is 24.3 Å². The van der Waals surface area contributed by atoms with E-state index >= 15 is 0 Å². The molecule has 1 aromatic rings. The molecule has 0 saturated carbocycles. The van der Waals surface area contributed by atoms with E-state index in [1.807, 2.05) is 30.3 Å². The van der Waals surface area contributed by atoms with Gasteiger partial charge >= 0.3 is 0 Å². The summed E-state index contributed by atoms with van der Waals surface area (Å²) < 4.78 is 0. The summed E-state index contributed by atoms with van der Waals surface area (Å²) in [6.07, 6.45) is 3.73. The van der Waals surface area contributed by atoms with Crippen LogP contribution < -0.4 is 5.43 Å². The lowest BCUT2D eigenvalue weighted by Crippen LogP contribution is -1.94. The van der Waals surface area contributed by atoms with Gasteiger partial charge in [0.15, 0.2) is 0 Å². The highest BCUT2D eigenvalue weighted by molar-refractivity contribution is 5.71. The largest absolute Gasteiger partial charge is 0.604 e. The Morgan fingerprint density at radius 2 is 2.10 bits per heavy atom. The number of anilines is 1. The first-order valence-corrected chi connectivity index (χ1v) is 3.18. The molecular weight excluding hydrogens is 124 g/mol. The fraction of sp³-hybridized carbons (Fsp3) is 0. The molecule has 0 bridgehead atoms. The van der Waals surface area contributed by atoms with Crippen LogP contribution in [0.1, 0.15) is 5.56 Å². The van der Waals surface area contributed by atoms with Crippen molar-refractivity contribution in [1.29, 1.82) is 0 Å². The number of benzene rings is 1. The fourth-order valence-corrected chi connectivity index (χ4v) is 0.969. The molecule has 0 radical (unpaired) electrons. The monoisotopic (exact) mass is 131 g/mol. The van der Waals surface area contributed by atoms with Crippen molar-refractivity contribution in [3.05, 3.63) is 41.5 Å². The Morgan fingerprint density at radius 3 is 3.00 bits per heavy atom. The SMILES string of the molecule is C1=Cc2ccccc2N[N-]1. The summed E-state index contributed by atoms with van der Waals surface area (Å²) in [6, 6.07) is 8.05. The van der Waals surface area contributed by atoms with Gasteiger partial charge in [0.1, 0.15) is 0 Å². The number of fused-ring (bicyclic) bond motifs is 1. The second-order valence-corrected chi connectivity index (χ2v) is 2.14. The molecular formula is C8H7N2-. The molecule has 0 amide bonds. The van der Waals surface area contributed by atoms with Gasteiger partial charge < -0.3 is 10.9 Å². The second-order valence-electron chi connectivity index (χ2n) is 2.14. The molecule has 2 heteroatoms. The van der Waals surface area contributed by atoms with Gasteiger partial charge in [-0.3, -0.25) is 0 Å². The van der Waals surface area contributed by atoms with Crippen molar-refractivity contribution in [2.45, 2.75) is 0 Å². The van der Waals surface area contributed by atoms with Crippen molar-refractivity contribution in [2.24, 2.45) is 0 Å². The summed E-state index contributed by atoms with van der Waals surface area (Å²) in [6.45, 7) is 0. The minimum Gasteiger partial charge on any atom is -0.604 e. The van der Waals surface area contributed by atoms with Crippen LogP contribution in [0.3, 0.4) is 0 Å². The highest BCUT2D eigenvalue weighted by atomic mass is 15.3. The second kappa shape index (κ2) is 2.06. The predicted octanol–water partition coefficient (Wildman–Crippen LogP) is 2.37. The van der Waals surface area contributed by atoms with Crippen LogP contribution in [0.4, 0.5) is 5.69 Å². The summed E-state index contributed by atoms with van der Waals surface area (Å²) in [5.74, 6) is 0. The smallest absolute Gasteiger partial charge is 0.0279 e. The molecule has 10 heavy (non-hydrogen) atoms. The van der Waals surface area contributed by atoms with E-state index in [0.717, 1.165) is 5.69 Å². The standard InChI is InChI=1S/C8H7N2/c1-2-4-8-7(3-1)5-6-9-10-8/h1-6,10H/q-1. The zero-order valence-corrected chi connectivity index (χ0v) is 5.41. The Labute approximate surface area is 59.5 Å². The van der Waals surface area contributed by atoms with Gasteiger partial charge in [-0.2, -0.15) is 6.20 Å². The van der Waals surface area contributed by atoms with Crippen LogP contribution in [0.15, 0.2) is 30.5 Å². The Balaban J connectivity index is 2.54. The van der Waals surface area contributed by atoms with E-state index in [1.165, 1.54) is 5.56 Å². The van der Waals surface area contributed by atoms with Gasteiger partial charge in [0.25, 0.3) is 0 Å². The number of para-hydroxylation sites is 1. The van der Waals surface area contributed by atoms with E-state index in [1.54, 1.807) is 6.20 Å². The first-order valence-electron chi connectivity index (χ1n) is 3.18. The molecule has 0 unspecified atom stereocenters. The van der Waals surface area contributed by atoms with Gasteiger partial charge in [-0.15, -0.1) is 0 Å². The molecule has 1 heterocycles. The number of nitrogens with one attached hydrogen (secondary N) is 1. The molecule has 1 aromatic carbocycles. The van der Waals surface area contributed by atoms with E-state index in [4.69, 9.17) is 0 Å². The van der Waals surface area contributed by atoms with Gasteiger partial charge in [0.05, 0.1) is 0 Å². The molecule has 2 nitrogen and oxygen atoms in total. The van der Waals surface area contributed by atoms with Crippen molar-refractivity contribution < 1.29 is 0 Å². The normalized spacial score (nSPS) is 13.2. The fourth-order valence-electron chi connectivity index (χ4n) is 0.969. The van der Waals surface area contributed by atoms with E-state index in [2.05, 4.69) is 10.9 Å². The lowest BCUT2D eigenvalue weighted by atomic mass is 10.1. The zero-order chi connectivity index (χ0) is 6.81. The molecule has 0 atom stereocenters. The lowest BCUT2D eigenvalue weighted by molar-refractivity contribution is 1.47. The molecule has 50 valence electrons. The molecule has 0 aliphatic carbocycles. The summed E-state index contributed by atoms with van der Waals surface area (Å²) in [5.41, 5.74) is 9.05. The highest BCUT2D eigenvalue weighted by Crippen LogP contribution is 2.21. The molecule has 1 aliphatic heterocycles. The first kappa shape index (κ1) is 5.35. The molecule has 1 aliphatic rings. The van der Waals surface area contributed by atoms with Crippen molar-refractivity contribution in [1.82, 2.24) is 0 Å². The van der Waals surface area contributed by atoms with Crippen LogP contribution in [0.5, 0.6) is 0 Å². The summed E-state index contributed by atoms with van der Waals surface area (Å²) >= 11 is 0. The van der Waals surface area contributed by atoms with Gasteiger partial charge in [-0.05, 0) is 11.6 Å². The third kappa shape index (κ3) is 0.739. The van der Waals surface area contributed by atoms with Crippen LogP contribution >= 0.6 is 0 Å². The maximum absolute atomic E-state index is 3.89. The molecule has 0 saturated heterocycles. The van der Waals surface area contributed by atoms with Crippen LogP contribution in [-0.2, 0) is 0 Å². The maximum atomic E-state index is 3.89. The predicted molar refractivity (Wildman–Crippen MR) is 42.5 cm³/mol. The Kier molecular flexibility index (Phi) is 1.10. The molecule has 0 aromatic heterocycles. The average molecular weight is 131 g/mol. The minimum atomic E-state index is 1.07. The third-order valence-corrected chi connectivity index (χ3v) is 1.47. The van der Waals surface area contributed by atoms with Crippen LogP contribution in [0.25, 0.3) is 11.5 Å². The number of hydrogen-bond donors (Lipinski definition) is 1. The third-order valence-electron chi connectivity index (χ3n) is 1.47. The molecule has 0 fully saturated rings. The van der Waals surface area contributed by atoms with Crippen LogP contribution in [-0.4, -0.2) is 0 Å². The van der Waals surface area contributed by atoms with Crippen molar-refractivity contribution in [2.75, 3.05) is 5.43 Å². The van der Waals surface area contributed by atoms with Gasteiger partial charge in [0, 0.05) is 5.69 Å². The van der Waals surface area contributed by atoms with Gasteiger partial charge in [-0.25, -0.2) is 0 Å². The summed E-state index contributed by atoms with van der Waals surface area (Å²) in [5, 5.41) is 0. The van der Waals surface area contributed by atoms with E-state index in [0.29, 0.717) is 0 Å². The number of rotatable bonds is 0. The Hall–Kier alpha value is -1.44. The number of hydrogen-bond acceptors (Lipinski definition) is 1. The van der Waals surface area contributed by atoms with Crippen molar-refractivity contribution in [3.8, 4) is 0 Å². The van der Waals surface area contributed by atoms with Crippen molar-refractivity contribution in [3.63, 3.8) is 0 Å². The van der Waals surface area contributed by atoms with E-state index in [-0.39, 0.29) is 0 Å². The minimum absolute atomic E-state index is 1.07. The molecule has 2 rings (SSSR count). The molecule has 0 spiro atoms. The zero-order valence-electron chi connectivity index (χ0n) is 5.41. The van der Waals surface area contributed by atoms with Crippen LogP contribution in [0.2, 0.25) is 0 Å². The highest BCUT2D eigenvalue weighted by Gasteiger charge is 1.93. The molecule has 1 N–H and O–H groups in total. The Bertz CT molecular complexity index is 266. The Morgan fingerprint density at radius 1 is 1.20 bits per heavy atom. The summed E-state index contributed by atoms with van der Waals surface area (Å²) in [7, 11) is 0.